The van der Waals surface area contributed by atoms with E-state index >= 15 is 0 Å². The minimum atomic E-state index is -0.318. The predicted octanol–water partition coefficient (Wildman–Crippen LogP) is 3.83. The largest absolute Gasteiger partial charge is 0.465 e. The monoisotopic (exact) mass is 301 g/mol. The van der Waals surface area contributed by atoms with Crippen LogP contribution in [0.1, 0.15) is 16.1 Å². The van der Waals surface area contributed by atoms with Crippen LogP contribution >= 0.6 is 15.9 Å². The number of rotatable bonds is 3. The molecular weight excluding hydrogens is 294 g/mol. The smallest absolute Gasteiger partial charge is 0.203 e. The molecule has 0 aliphatic heterocycles. The van der Waals surface area contributed by atoms with Gasteiger partial charge in [-0.25, -0.2) is 0 Å². The Morgan fingerprint density at radius 2 is 2.00 bits per heavy atom. The topological polar surface area (TPSA) is 54.0 Å². The van der Waals surface area contributed by atoms with Crippen LogP contribution in [0, 0.1) is 11.3 Å². The van der Waals surface area contributed by atoms with Gasteiger partial charge >= 0.3 is 0 Å². The molecular formula is C14H8BrNO2. The number of allylic oxidation sites excluding steroid dienone is 1. The molecule has 0 saturated heterocycles. The van der Waals surface area contributed by atoms with Gasteiger partial charge in [-0.05, 0) is 36.4 Å². The first-order valence-corrected chi connectivity index (χ1v) is 5.95. The first-order chi connectivity index (χ1) is 8.70. The summed E-state index contributed by atoms with van der Waals surface area (Å²) in [6, 6.07) is 12.1. The van der Waals surface area contributed by atoms with Crippen LogP contribution < -0.4 is 0 Å². The number of nitrogens with zero attached hydrogens (tertiary/aromatic N) is 1. The summed E-state index contributed by atoms with van der Waals surface area (Å²) >= 11 is 3.29. The molecule has 18 heavy (non-hydrogen) atoms. The van der Waals surface area contributed by atoms with E-state index < -0.39 is 0 Å². The van der Waals surface area contributed by atoms with Gasteiger partial charge in [-0.3, -0.25) is 4.79 Å². The molecule has 88 valence electrons. The lowest BCUT2D eigenvalue weighted by molar-refractivity contribution is 0.104. The van der Waals surface area contributed by atoms with E-state index in [4.69, 9.17) is 9.68 Å². The number of hydrogen-bond donors (Lipinski definition) is 0. The van der Waals surface area contributed by atoms with Gasteiger partial charge in [-0.15, -0.1) is 0 Å². The minimum absolute atomic E-state index is 0.0484. The summed E-state index contributed by atoms with van der Waals surface area (Å²) in [4.78, 5) is 12.1. The third-order valence-corrected chi connectivity index (χ3v) is 2.83. The number of carbonyl (C=O) groups is 1. The second-order valence-electron chi connectivity index (χ2n) is 3.52. The van der Waals surface area contributed by atoms with Crippen molar-refractivity contribution >= 4 is 27.8 Å². The molecule has 0 fully saturated rings. The molecule has 0 radical (unpaired) electrons. The summed E-state index contributed by atoms with van der Waals surface area (Å²) in [5.74, 6) is 0.165. The molecule has 4 heteroatoms. The highest BCUT2D eigenvalue weighted by Gasteiger charge is 2.12. The van der Waals surface area contributed by atoms with Crippen LogP contribution in [0.5, 0.6) is 0 Å². The Bertz CT molecular complexity index is 619. The van der Waals surface area contributed by atoms with Crippen molar-refractivity contribution in [3.8, 4) is 6.07 Å². The second kappa shape index (κ2) is 5.48. The zero-order valence-corrected chi connectivity index (χ0v) is 10.8. The number of carbonyl (C=O) groups excluding carboxylic acids is 1. The maximum Gasteiger partial charge on any atom is 0.203 e. The summed E-state index contributed by atoms with van der Waals surface area (Å²) in [5, 5.41) is 9.02. The van der Waals surface area contributed by atoms with E-state index in [-0.39, 0.29) is 11.4 Å². The molecule has 0 saturated carbocycles. The van der Waals surface area contributed by atoms with E-state index in [1.807, 2.05) is 6.07 Å². The lowest BCUT2D eigenvalue weighted by Gasteiger charge is -1.99. The fourth-order valence-corrected chi connectivity index (χ4v) is 1.69. The predicted molar refractivity (Wildman–Crippen MR) is 70.8 cm³/mol. The van der Waals surface area contributed by atoms with Crippen molar-refractivity contribution in [3.63, 3.8) is 0 Å². The fraction of sp³-hybridized carbons (Fsp3) is 0. The fourth-order valence-electron chi connectivity index (χ4n) is 1.42. The molecule has 1 heterocycles. The number of hydrogen-bond acceptors (Lipinski definition) is 3. The van der Waals surface area contributed by atoms with Gasteiger partial charge in [0.2, 0.25) is 5.78 Å². The Balaban J connectivity index is 2.32. The van der Waals surface area contributed by atoms with Crippen molar-refractivity contribution in [2.24, 2.45) is 0 Å². The molecule has 2 aromatic rings. The molecule has 0 N–H and O–H groups in total. The molecule has 2 rings (SSSR count). The van der Waals surface area contributed by atoms with Gasteiger partial charge < -0.3 is 4.42 Å². The van der Waals surface area contributed by atoms with Gasteiger partial charge in [-0.1, -0.05) is 15.9 Å². The summed E-state index contributed by atoms with van der Waals surface area (Å²) in [6.45, 7) is 0. The summed E-state index contributed by atoms with van der Waals surface area (Å²) < 4.78 is 5.97. The number of ketones is 1. The van der Waals surface area contributed by atoms with Crippen molar-refractivity contribution in [2.75, 3.05) is 0 Å². The molecule has 1 aromatic heterocycles. The number of halogens is 1. The highest BCUT2D eigenvalue weighted by atomic mass is 79.9. The van der Waals surface area contributed by atoms with Crippen LogP contribution in [-0.2, 0) is 0 Å². The quantitative estimate of drug-likeness (QED) is 0.492. The van der Waals surface area contributed by atoms with Crippen molar-refractivity contribution in [1.29, 1.82) is 5.26 Å². The van der Waals surface area contributed by atoms with Gasteiger partial charge in [0.05, 0.1) is 6.26 Å². The summed E-state index contributed by atoms with van der Waals surface area (Å²) in [5.41, 5.74) is 0.518. The average molecular weight is 302 g/mol. The Morgan fingerprint density at radius 1 is 1.28 bits per heavy atom. The molecule has 0 atom stereocenters. The zero-order valence-electron chi connectivity index (χ0n) is 9.26. The summed E-state index contributed by atoms with van der Waals surface area (Å²) in [6.07, 6.45) is 2.93. The van der Waals surface area contributed by atoms with Crippen LogP contribution in [0.4, 0.5) is 0 Å². The third-order valence-electron chi connectivity index (χ3n) is 2.30. The van der Waals surface area contributed by atoms with Gasteiger partial charge in [0, 0.05) is 16.1 Å². The number of nitriles is 1. The van der Waals surface area contributed by atoms with E-state index in [0.29, 0.717) is 11.3 Å². The second-order valence-corrected chi connectivity index (χ2v) is 4.44. The lowest BCUT2D eigenvalue weighted by Crippen LogP contribution is -2.01. The van der Waals surface area contributed by atoms with E-state index in [1.165, 1.54) is 12.3 Å². The lowest BCUT2D eigenvalue weighted by atomic mass is 10.0. The maximum atomic E-state index is 12.1. The molecule has 0 bridgehead atoms. The van der Waals surface area contributed by atoms with Gasteiger partial charge in [0.1, 0.15) is 17.4 Å². The Morgan fingerprint density at radius 3 is 2.56 bits per heavy atom. The normalized spacial score (nSPS) is 11.0. The van der Waals surface area contributed by atoms with Crippen molar-refractivity contribution in [3.05, 3.63) is 64.0 Å². The van der Waals surface area contributed by atoms with E-state index in [9.17, 15) is 4.79 Å². The highest BCUT2D eigenvalue weighted by molar-refractivity contribution is 9.10. The van der Waals surface area contributed by atoms with Crippen LogP contribution in [0.15, 0.2) is 57.1 Å². The first kappa shape index (κ1) is 12.3. The number of benzene rings is 1. The van der Waals surface area contributed by atoms with Gasteiger partial charge in [0.25, 0.3) is 0 Å². The molecule has 0 unspecified atom stereocenters. The van der Waals surface area contributed by atoms with Crippen molar-refractivity contribution < 1.29 is 9.21 Å². The van der Waals surface area contributed by atoms with Gasteiger partial charge in [-0.2, -0.15) is 5.26 Å². The Kier molecular flexibility index (Phi) is 3.75. The zero-order chi connectivity index (χ0) is 13.0. The number of Topliss-reactive ketones (excluding diaryl/α,β-unsaturated/α-hetero) is 1. The van der Waals surface area contributed by atoms with Crippen molar-refractivity contribution in [2.45, 2.75) is 0 Å². The molecule has 1 aromatic carbocycles. The molecule has 3 nitrogen and oxygen atoms in total. The average Bonchev–Trinajstić information content (AvgIpc) is 2.89. The van der Waals surface area contributed by atoms with Crippen LogP contribution in [0.2, 0.25) is 0 Å². The van der Waals surface area contributed by atoms with Crippen molar-refractivity contribution in [1.82, 2.24) is 0 Å². The molecule has 0 aliphatic carbocycles. The van der Waals surface area contributed by atoms with E-state index in [2.05, 4.69) is 15.9 Å². The summed E-state index contributed by atoms with van der Waals surface area (Å²) in [7, 11) is 0. The van der Waals surface area contributed by atoms with E-state index in [0.717, 1.165) is 4.47 Å². The Hall–Kier alpha value is -2.12. The molecule has 0 spiro atoms. The third kappa shape index (κ3) is 2.76. The Labute approximate surface area is 112 Å². The minimum Gasteiger partial charge on any atom is -0.465 e. The van der Waals surface area contributed by atoms with Gasteiger partial charge in [0.15, 0.2) is 0 Å². The molecule has 0 amide bonds. The van der Waals surface area contributed by atoms with E-state index in [1.54, 1.807) is 36.4 Å². The first-order valence-electron chi connectivity index (χ1n) is 5.16. The van der Waals surface area contributed by atoms with Crippen LogP contribution in [0.25, 0.3) is 6.08 Å². The molecule has 0 aliphatic rings. The highest BCUT2D eigenvalue weighted by Crippen LogP contribution is 2.15. The number of furan rings is 1. The van der Waals surface area contributed by atoms with Crippen LogP contribution in [0.3, 0.4) is 0 Å². The standard InChI is InChI=1S/C14H8BrNO2/c15-12-5-3-10(4-6-12)14(17)11(9-16)8-13-2-1-7-18-13/h1-8H/b11-8-. The SMILES string of the molecule is N#C/C(=C/c1ccco1)C(=O)c1ccc(Br)cc1. The maximum absolute atomic E-state index is 12.1. The van der Waals surface area contributed by atoms with Crippen LogP contribution in [-0.4, -0.2) is 5.78 Å².